The van der Waals surface area contributed by atoms with Gasteiger partial charge in [0.05, 0.1) is 41.9 Å². The van der Waals surface area contributed by atoms with Crippen molar-refractivity contribution in [3.63, 3.8) is 0 Å². The summed E-state index contributed by atoms with van der Waals surface area (Å²) >= 11 is 1.35. The summed E-state index contributed by atoms with van der Waals surface area (Å²) in [6, 6.07) is 17.4. The fraction of sp³-hybridized carbons (Fsp3) is 0.333. The molecule has 1 atom stereocenters. The van der Waals surface area contributed by atoms with E-state index in [1.807, 2.05) is 72.3 Å². The molecule has 9 heteroatoms. The van der Waals surface area contributed by atoms with Gasteiger partial charge in [0.2, 0.25) is 5.91 Å². The minimum Gasteiger partial charge on any atom is -0.497 e. The molecule has 1 amide bonds. The number of hydrogen-bond donors (Lipinski definition) is 0. The lowest BCUT2D eigenvalue weighted by Crippen LogP contribution is -2.42. The molecule has 1 fully saturated rings. The number of carbonyl (C=O) groups is 1. The Hall–Kier alpha value is -2.78. The van der Waals surface area contributed by atoms with Crippen molar-refractivity contribution < 1.29 is 17.9 Å². The molecule has 0 aliphatic carbocycles. The van der Waals surface area contributed by atoms with Gasteiger partial charge in [-0.25, -0.2) is 13.4 Å². The zero-order valence-corrected chi connectivity index (χ0v) is 20.3. The molecule has 1 aliphatic heterocycles. The number of benzene rings is 2. The Labute approximate surface area is 198 Å². The van der Waals surface area contributed by atoms with Crippen LogP contribution in [0.25, 0.3) is 16.9 Å². The van der Waals surface area contributed by atoms with Crippen molar-refractivity contribution in [1.29, 1.82) is 0 Å². The average molecular weight is 486 g/mol. The summed E-state index contributed by atoms with van der Waals surface area (Å²) in [5.41, 5.74) is 2.81. The van der Waals surface area contributed by atoms with Gasteiger partial charge in [-0.05, 0) is 25.5 Å². The Bertz CT molecular complexity index is 1230. The largest absolute Gasteiger partial charge is 0.497 e. The zero-order valence-electron chi connectivity index (χ0n) is 18.7. The van der Waals surface area contributed by atoms with E-state index in [4.69, 9.17) is 4.74 Å². The molecule has 1 aliphatic rings. The van der Waals surface area contributed by atoms with E-state index in [1.165, 1.54) is 11.8 Å². The van der Waals surface area contributed by atoms with Crippen molar-refractivity contribution in [3.8, 4) is 22.7 Å². The quantitative estimate of drug-likeness (QED) is 0.453. The number of amides is 1. The molecule has 174 valence electrons. The number of rotatable bonds is 8. The standard InChI is InChI=1S/C24H27N3O4S2/c1-3-26(20-12-13-33(29,30)17-20)23(28)16-32-24-25-15-22(18-8-5-4-6-9-18)27(24)19-10-7-11-21(14-19)31-2/h4-11,14-15,20H,3,12-13,16-17H2,1-2H3. The van der Waals surface area contributed by atoms with Gasteiger partial charge in [0, 0.05) is 24.2 Å². The second-order valence-electron chi connectivity index (χ2n) is 7.85. The fourth-order valence-electron chi connectivity index (χ4n) is 4.12. The molecule has 0 spiro atoms. The Morgan fingerprint density at radius 2 is 2.00 bits per heavy atom. The maximum Gasteiger partial charge on any atom is 0.233 e. The number of hydrogen-bond acceptors (Lipinski definition) is 6. The van der Waals surface area contributed by atoms with E-state index in [0.29, 0.717) is 18.1 Å². The van der Waals surface area contributed by atoms with E-state index in [0.717, 1.165) is 22.7 Å². The first-order valence-corrected chi connectivity index (χ1v) is 13.6. The molecule has 4 rings (SSSR count). The van der Waals surface area contributed by atoms with Gasteiger partial charge in [0.15, 0.2) is 15.0 Å². The number of aromatic nitrogens is 2. The predicted octanol–water partition coefficient (Wildman–Crippen LogP) is 3.68. The summed E-state index contributed by atoms with van der Waals surface area (Å²) in [7, 11) is -1.43. The maximum absolute atomic E-state index is 13.0. The monoisotopic (exact) mass is 485 g/mol. The van der Waals surface area contributed by atoms with E-state index in [1.54, 1.807) is 12.0 Å². The van der Waals surface area contributed by atoms with E-state index in [2.05, 4.69) is 4.98 Å². The number of ether oxygens (including phenoxy) is 1. The third-order valence-corrected chi connectivity index (χ3v) is 8.43. The topological polar surface area (TPSA) is 81.5 Å². The molecule has 7 nitrogen and oxygen atoms in total. The molecule has 0 bridgehead atoms. The first-order chi connectivity index (χ1) is 15.9. The summed E-state index contributed by atoms with van der Waals surface area (Å²) < 4.78 is 31.2. The summed E-state index contributed by atoms with van der Waals surface area (Å²) in [6.45, 7) is 2.37. The molecule has 0 radical (unpaired) electrons. The van der Waals surface area contributed by atoms with Gasteiger partial charge in [0.25, 0.3) is 0 Å². The fourth-order valence-corrected chi connectivity index (χ4v) is 6.73. The lowest BCUT2D eigenvalue weighted by Gasteiger charge is -2.26. The van der Waals surface area contributed by atoms with Crippen LogP contribution in [0.5, 0.6) is 5.75 Å². The van der Waals surface area contributed by atoms with Gasteiger partial charge in [-0.15, -0.1) is 0 Å². The Balaban J connectivity index is 1.61. The molecule has 33 heavy (non-hydrogen) atoms. The van der Waals surface area contributed by atoms with Crippen LogP contribution in [-0.4, -0.2) is 65.7 Å². The smallest absolute Gasteiger partial charge is 0.233 e. The summed E-state index contributed by atoms with van der Waals surface area (Å²) in [5, 5.41) is 0.686. The number of nitrogens with zero attached hydrogens (tertiary/aromatic N) is 3. The highest BCUT2D eigenvalue weighted by molar-refractivity contribution is 7.99. The highest BCUT2D eigenvalue weighted by atomic mass is 32.2. The number of thioether (sulfide) groups is 1. The van der Waals surface area contributed by atoms with Crippen LogP contribution in [0.1, 0.15) is 13.3 Å². The highest BCUT2D eigenvalue weighted by Crippen LogP contribution is 2.31. The number of carbonyl (C=O) groups excluding carboxylic acids is 1. The molecular formula is C24H27N3O4S2. The Morgan fingerprint density at radius 1 is 1.21 bits per heavy atom. The Morgan fingerprint density at radius 3 is 2.67 bits per heavy atom. The van der Waals surface area contributed by atoms with Crippen LogP contribution >= 0.6 is 11.8 Å². The molecule has 1 unspecified atom stereocenters. The van der Waals surface area contributed by atoms with Gasteiger partial charge in [-0.2, -0.15) is 0 Å². The number of methoxy groups -OCH3 is 1. The van der Waals surface area contributed by atoms with Crippen LogP contribution in [0.15, 0.2) is 66.0 Å². The van der Waals surface area contributed by atoms with Crippen LogP contribution in [0.4, 0.5) is 0 Å². The second kappa shape index (κ2) is 10.0. The molecule has 0 N–H and O–H groups in total. The van der Waals surface area contributed by atoms with Crippen molar-refractivity contribution >= 4 is 27.5 Å². The normalized spacial score (nSPS) is 17.1. The van der Waals surface area contributed by atoms with Crippen molar-refractivity contribution in [2.24, 2.45) is 0 Å². The number of sulfone groups is 1. The van der Waals surface area contributed by atoms with E-state index >= 15 is 0 Å². The minimum atomic E-state index is -3.06. The minimum absolute atomic E-state index is 0.0494. The molecule has 3 aromatic rings. The van der Waals surface area contributed by atoms with Gasteiger partial charge >= 0.3 is 0 Å². The van der Waals surface area contributed by atoms with Crippen molar-refractivity contribution in [3.05, 3.63) is 60.8 Å². The van der Waals surface area contributed by atoms with Gasteiger partial charge in [-0.1, -0.05) is 48.2 Å². The first-order valence-electron chi connectivity index (χ1n) is 10.8. The van der Waals surface area contributed by atoms with Crippen molar-refractivity contribution in [2.75, 3.05) is 30.9 Å². The van der Waals surface area contributed by atoms with Gasteiger partial charge < -0.3 is 9.64 Å². The third-order valence-electron chi connectivity index (χ3n) is 5.75. The lowest BCUT2D eigenvalue weighted by molar-refractivity contribution is -0.129. The van der Waals surface area contributed by atoms with Gasteiger partial charge in [-0.3, -0.25) is 9.36 Å². The third kappa shape index (κ3) is 5.25. The van der Waals surface area contributed by atoms with E-state index in [9.17, 15) is 13.2 Å². The number of imidazole rings is 1. The first kappa shape index (κ1) is 23.4. The summed E-state index contributed by atoms with van der Waals surface area (Å²) in [4.78, 5) is 19.3. The zero-order chi connectivity index (χ0) is 23.4. The second-order valence-corrected chi connectivity index (χ2v) is 11.0. The van der Waals surface area contributed by atoms with Crippen molar-refractivity contribution in [1.82, 2.24) is 14.5 Å². The summed E-state index contributed by atoms with van der Waals surface area (Å²) in [5.74, 6) is 1.03. The molecular weight excluding hydrogens is 458 g/mol. The molecule has 2 aromatic carbocycles. The Kier molecular flexibility index (Phi) is 7.09. The summed E-state index contributed by atoms with van der Waals surface area (Å²) in [6.07, 6.45) is 2.31. The maximum atomic E-state index is 13.0. The molecule has 2 heterocycles. The van der Waals surface area contributed by atoms with Crippen LogP contribution in [0.2, 0.25) is 0 Å². The molecule has 0 saturated carbocycles. The lowest BCUT2D eigenvalue weighted by atomic mass is 10.1. The van der Waals surface area contributed by atoms with Crippen LogP contribution < -0.4 is 4.74 Å². The van der Waals surface area contributed by atoms with Crippen molar-refractivity contribution in [2.45, 2.75) is 24.5 Å². The molecule has 1 saturated heterocycles. The van der Waals surface area contributed by atoms with Crippen LogP contribution in [0.3, 0.4) is 0 Å². The SMILES string of the molecule is CCN(C(=O)CSc1ncc(-c2ccccc2)n1-c1cccc(OC)c1)C1CCS(=O)(=O)C1. The van der Waals surface area contributed by atoms with Crippen LogP contribution in [0, 0.1) is 0 Å². The van der Waals surface area contributed by atoms with E-state index in [-0.39, 0.29) is 29.2 Å². The average Bonchev–Trinajstić information content (AvgIpc) is 3.41. The highest BCUT2D eigenvalue weighted by Gasteiger charge is 2.34. The molecule has 1 aromatic heterocycles. The predicted molar refractivity (Wildman–Crippen MR) is 131 cm³/mol. The van der Waals surface area contributed by atoms with Crippen LogP contribution in [-0.2, 0) is 14.6 Å². The van der Waals surface area contributed by atoms with Gasteiger partial charge in [0.1, 0.15) is 5.75 Å². The van der Waals surface area contributed by atoms with E-state index < -0.39 is 9.84 Å².